The molecule has 3 N–H and O–H groups in total. The highest BCUT2D eigenvalue weighted by atomic mass is 19.1. The predicted molar refractivity (Wildman–Crippen MR) is 71.3 cm³/mol. The minimum absolute atomic E-state index is 0.188. The van der Waals surface area contributed by atoms with E-state index in [0.717, 1.165) is 25.8 Å². The molecule has 0 radical (unpaired) electrons. The van der Waals surface area contributed by atoms with Crippen LogP contribution in [0.25, 0.3) is 0 Å². The van der Waals surface area contributed by atoms with Crippen LogP contribution >= 0.6 is 0 Å². The summed E-state index contributed by atoms with van der Waals surface area (Å²) in [6.45, 7) is 1.13. The number of aliphatic hydroxyl groups is 1. The zero-order valence-corrected chi connectivity index (χ0v) is 10.8. The van der Waals surface area contributed by atoms with E-state index >= 15 is 0 Å². The lowest BCUT2D eigenvalue weighted by Crippen LogP contribution is -2.32. The Bertz CT molecular complexity index is 447. The van der Waals surface area contributed by atoms with Gasteiger partial charge in [0, 0.05) is 18.8 Å². The fourth-order valence-corrected chi connectivity index (χ4v) is 2.14. The molecule has 0 spiro atoms. The molecule has 1 aromatic rings. The predicted octanol–water partition coefficient (Wildman–Crippen LogP) is 1.52. The molecule has 0 saturated heterocycles. The number of nitrogens with one attached hydrogen (secondary N) is 2. The van der Waals surface area contributed by atoms with Gasteiger partial charge in [0.25, 0.3) is 0 Å². The largest absolute Gasteiger partial charge is 0.396 e. The number of hydrogen-bond acceptors (Lipinski definition) is 3. The van der Waals surface area contributed by atoms with E-state index in [4.69, 9.17) is 5.11 Å². The smallest absolute Gasteiger partial charge is 0.238 e. The first-order valence-corrected chi connectivity index (χ1v) is 6.51. The Kier molecular flexibility index (Phi) is 4.50. The van der Waals surface area contributed by atoms with Gasteiger partial charge >= 0.3 is 0 Å². The molecule has 1 aliphatic carbocycles. The van der Waals surface area contributed by atoms with Crippen molar-refractivity contribution in [3.05, 3.63) is 30.1 Å². The normalized spacial score (nSPS) is 16.1. The highest BCUT2D eigenvalue weighted by Crippen LogP contribution is 2.47. The average molecular weight is 266 g/mol. The number of benzene rings is 1. The Balaban J connectivity index is 1.70. The summed E-state index contributed by atoms with van der Waals surface area (Å²) in [4.78, 5) is 11.6. The Morgan fingerprint density at radius 2 is 2.21 bits per heavy atom. The van der Waals surface area contributed by atoms with Crippen molar-refractivity contribution in [1.82, 2.24) is 5.32 Å². The first kappa shape index (κ1) is 14.0. The molecule has 0 heterocycles. The Hall–Kier alpha value is -1.46. The number of aliphatic hydroxyl groups excluding tert-OH is 1. The van der Waals surface area contributed by atoms with Crippen LogP contribution < -0.4 is 10.6 Å². The SMILES string of the molecule is O=C(CNCC1(CCO)CC1)Nc1cccc(F)c1. The molecule has 0 aromatic heterocycles. The van der Waals surface area contributed by atoms with Crippen LogP contribution in [0.15, 0.2) is 24.3 Å². The van der Waals surface area contributed by atoms with Crippen LogP contribution in [-0.4, -0.2) is 30.7 Å². The summed E-state index contributed by atoms with van der Waals surface area (Å²) in [6, 6.07) is 5.82. The molecule has 1 aromatic carbocycles. The number of carbonyl (C=O) groups is 1. The molecule has 1 amide bonds. The van der Waals surface area contributed by atoms with Crippen molar-refractivity contribution in [2.45, 2.75) is 19.3 Å². The third kappa shape index (κ3) is 4.29. The van der Waals surface area contributed by atoms with Gasteiger partial charge in [0.2, 0.25) is 5.91 Å². The molecule has 2 rings (SSSR count). The monoisotopic (exact) mass is 266 g/mol. The molecule has 1 aliphatic rings. The molecule has 1 saturated carbocycles. The summed E-state index contributed by atoms with van der Waals surface area (Å²) < 4.78 is 12.9. The average Bonchev–Trinajstić information content (AvgIpc) is 3.09. The molecule has 5 heteroatoms. The summed E-state index contributed by atoms with van der Waals surface area (Å²) >= 11 is 0. The molecule has 19 heavy (non-hydrogen) atoms. The molecule has 0 atom stereocenters. The first-order chi connectivity index (χ1) is 9.13. The number of hydrogen-bond donors (Lipinski definition) is 3. The van der Waals surface area contributed by atoms with E-state index in [1.165, 1.54) is 12.1 Å². The Morgan fingerprint density at radius 1 is 1.42 bits per heavy atom. The number of anilines is 1. The zero-order valence-electron chi connectivity index (χ0n) is 10.8. The second-order valence-electron chi connectivity index (χ2n) is 5.14. The van der Waals surface area contributed by atoms with Crippen molar-refractivity contribution < 1.29 is 14.3 Å². The Labute approximate surface area is 112 Å². The third-order valence-corrected chi connectivity index (χ3v) is 3.49. The van der Waals surface area contributed by atoms with E-state index in [1.807, 2.05) is 0 Å². The van der Waals surface area contributed by atoms with Crippen LogP contribution in [0.1, 0.15) is 19.3 Å². The van der Waals surface area contributed by atoms with Gasteiger partial charge in [0.15, 0.2) is 0 Å². The van der Waals surface area contributed by atoms with Gasteiger partial charge in [-0.25, -0.2) is 4.39 Å². The van der Waals surface area contributed by atoms with Crippen LogP contribution in [0.5, 0.6) is 0 Å². The minimum Gasteiger partial charge on any atom is -0.396 e. The van der Waals surface area contributed by atoms with E-state index in [1.54, 1.807) is 12.1 Å². The van der Waals surface area contributed by atoms with Crippen molar-refractivity contribution in [2.75, 3.05) is 25.0 Å². The van der Waals surface area contributed by atoms with Gasteiger partial charge in [-0.2, -0.15) is 0 Å². The molecule has 104 valence electrons. The highest BCUT2D eigenvalue weighted by molar-refractivity contribution is 5.92. The van der Waals surface area contributed by atoms with Gasteiger partial charge in [0.1, 0.15) is 5.82 Å². The molecule has 0 aliphatic heterocycles. The number of rotatable bonds is 7. The van der Waals surface area contributed by atoms with Gasteiger partial charge in [0.05, 0.1) is 6.54 Å². The van der Waals surface area contributed by atoms with Crippen molar-refractivity contribution in [1.29, 1.82) is 0 Å². The van der Waals surface area contributed by atoms with E-state index in [9.17, 15) is 9.18 Å². The molecule has 4 nitrogen and oxygen atoms in total. The van der Waals surface area contributed by atoms with Gasteiger partial charge in [-0.3, -0.25) is 4.79 Å². The number of halogens is 1. The second-order valence-corrected chi connectivity index (χ2v) is 5.14. The van der Waals surface area contributed by atoms with Crippen molar-refractivity contribution in [3.63, 3.8) is 0 Å². The lowest BCUT2D eigenvalue weighted by Gasteiger charge is -2.14. The summed E-state index contributed by atoms with van der Waals surface area (Å²) in [6.07, 6.45) is 2.99. The topological polar surface area (TPSA) is 61.4 Å². The first-order valence-electron chi connectivity index (χ1n) is 6.51. The third-order valence-electron chi connectivity index (χ3n) is 3.49. The van der Waals surface area contributed by atoms with Crippen LogP contribution in [0.3, 0.4) is 0 Å². The minimum atomic E-state index is -0.370. The summed E-state index contributed by atoms with van der Waals surface area (Å²) in [5.41, 5.74) is 0.650. The van der Waals surface area contributed by atoms with Gasteiger partial charge in [-0.05, 0) is 42.9 Å². The lowest BCUT2D eigenvalue weighted by molar-refractivity contribution is -0.115. The molecular formula is C14H19FN2O2. The fourth-order valence-electron chi connectivity index (χ4n) is 2.14. The highest BCUT2D eigenvalue weighted by Gasteiger charge is 2.41. The molecule has 0 bridgehead atoms. The molecule has 1 fully saturated rings. The maximum Gasteiger partial charge on any atom is 0.238 e. The van der Waals surface area contributed by atoms with Gasteiger partial charge < -0.3 is 15.7 Å². The van der Waals surface area contributed by atoms with Gasteiger partial charge in [-0.1, -0.05) is 6.07 Å². The lowest BCUT2D eigenvalue weighted by atomic mass is 10.0. The fraction of sp³-hybridized carbons (Fsp3) is 0.500. The van der Waals surface area contributed by atoms with E-state index < -0.39 is 0 Å². The standard InChI is InChI=1S/C14H19FN2O2/c15-11-2-1-3-12(8-11)17-13(19)9-16-10-14(4-5-14)6-7-18/h1-3,8,16,18H,4-7,9-10H2,(H,17,19). The number of carbonyl (C=O) groups excluding carboxylic acids is 1. The van der Waals surface area contributed by atoms with Crippen LogP contribution in [0.2, 0.25) is 0 Å². The van der Waals surface area contributed by atoms with Crippen molar-refractivity contribution in [3.8, 4) is 0 Å². The molecular weight excluding hydrogens is 247 g/mol. The maximum atomic E-state index is 12.9. The quantitative estimate of drug-likeness (QED) is 0.701. The second kappa shape index (κ2) is 6.12. The van der Waals surface area contributed by atoms with Crippen LogP contribution in [0.4, 0.5) is 10.1 Å². The maximum absolute atomic E-state index is 12.9. The van der Waals surface area contributed by atoms with E-state index in [-0.39, 0.29) is 30.3 Å². The van der Waals surface area contributed by atoms with E-state index in [0.29, 0.717) is 5.69 Å². The summed E-state index contributed by atoms with van der Waals surface area (Å²) in [5, 5.41) is 14.6. The van der Waals surface area contributed by atoms with Crippen LogP contribution in [0, 0.1) is 11.2 Å². The van der Waals surface area contributed by atoms with Crippen molar-refractivity contribution >= 4 is 11.6 Å². The summed E-state index contributed by atoms with van der Waals surface area (Å²) in [7, 11) is 0. The zero-order chi connectivity index (χ0) is 13.7. The molecule has 0 unspecified atom stereocenters. The van der Waals surface area contributed by atoms with Crippen LogP contribution in [-0.2, 0) is 4.79 Å². The summed E-state index contributed by atoms with van der Waals surface area (Å²) in [5.74, 6) is -0.559. The number of amides is 1. The Morgan fingerprint density at radius 3 is 2.84 bits per heavy atom. The van der Waals surface area contributed by atoms with Crippen molar-refractivity contribution in [2.24, 2.45) is 5.41 Å². The van der Waals surface area contributed by atoms with E-state index in [2.05, 4.69) is 10.6 Å². The van der Waals surface area contributed by atoms with Gasteiger partial charge in [-0.15, -0.1) is 0 Å².